The van der Waals surface area contributed by atoms with Crippen molar-refractivity contribution in [1.29, 1.82) is 5.26 Å². The van der Waals surface area contributed by atoms with Gasteiger partial charge in [0.15, 0.2) is 0 Å². The molecular formula is C9H11N3. The van der Waals surface area contributed by atoms with Gasteiger partial charge >= 0.3 is 0 Å². The lowest BCUT2D eigenvalue weighted by molar-refractivity contribution is 0.647. The number of allylic oxidation sites excluding steroid dienone is 1. The lowest BCUT2D eigenvalue weighted by Gasteiger charge is -2.04. The molecule has 0 aromatic carbocycles. The Morgan fingerprint density at radius 3 is 3.25 bits per heavy atom. The first-order valence-electron chi connectivity index (χ1n) is 3.81. The van der Waals surface area contributed by atoms with E-state index < -0.39 is 0 Å². The summed E-state index contributed by atoms with van der Waals surface area (Å²) >= 11 is 0. The molecule has 1 aromatic heterocycles. The molecule has 3 nitrogen and oxygen atoms in total. The Kier molecular flexibility index (Phi) is 2.65. The van der Waals surface area contributed by atoms with Crippen LogP contribution in [0.25, 0.3) is 0 Å². The van der Waals surface area contributed by atoms with Crippen LogP contribution in [-0.4, -0.2) is 9.78 Å². The quantitative estimate of drug-likeness (QED) is 0.633. The first kappa shape index (κ1) is 8.54. The van der Waals surface area contributed by atoms with Crippen molar-refractivity contribution >= 4 is 0 Å². The fraction of sp³-hybridized carbons (Fsp3) is 0.333. The van der Waals surface area contributed by atoms with Crippen LogP contribution in [0.2, 0.25) is 0 Å². The fourth-order valence-corrected chi connectivity index (χ4v) is 1.05. The summed E-state index contributed by atoms with van der Waals surface area (Å²) in [5.74, 6) is -0.104. The molecule has 62 valence electrons. The summed E-state index contributed by atoms with van der Waals surface area (Å²) in [6, 6.07) is 4.03. The molecule has 0 amide bonds. The molecule has 3 heteroatoms. The van der Waals surface area contributed by atoms with E-state index >= 15 is 0 Å². The zero-order valence-electron chi connectivity index (χ0n) is 7.07. The zero-order chi connectivity index (χ0) is 8.97. The van der Waals surface area contributed by atoms with E-state index in [-0.39, 0.29) is 5.92 Å². The number of nitriles is 1. The number of rotatable bonds is 3. The minimum Gasteiger partial charge on any atom is -0.264 e. The second kappa shape index (κ2) is 3.72. The van der Waals surface area contributed by atoms with Crippen molar-refractivity contribution in [3.8, 4) is 6.07 Å². The molecule has 0 fully saturated rings. The van der Waals surface area contributed by atoms with Crippen molar-refractivity contribution in [2.75, 3.05) is 0 Å². The molecule has 0 saturated carbocycles. The van der Waals surface area contributed by atoms with E-state index in [2.05, 4.69) is 17.7 Å². The Hall–Kier alpha value is -1.56. The Bertz CT molecular complexity index is 306. The highest BCUT2D eigenvalue weighted by molar-refractivity contribution is 5.14. The topological polar surface area (TPSA) is 41.6 Å². The first-order chi connectivity index (χ1) is 5.79. The van der Waals surface area contributed by atoms with Gasteiger partial charge in [0, 0.05) is 6.20 Å². The Morgan fingerprint density at radius 2 is 2.67 bits per heavy atom. The van der Waals surface area contributed by atoms with Crippen LogP contribution in [0.15, 0.2) is 24.9 Å². The van der Waals surface area contributed by atoms with Gasteiger partial charge in [-0.2, -0.15) is 10.4 Å². The van der Waals surface area contributed by atoms with Crippen LogP contribution in [0, 0.1) is 11.3 Å². The first-order valence-corrected chi connectivity index (χ1v) is 3.81. The molecule has 1 rings (SSSR count). The summed E-state index contributed by atoms with van der Waals surface area (Å²) in [6.07, 6.45) is 3.47. The lowest BCUT2D eigenvalue weighted by atomic mass is 10.1. The summed E-state index contributed by atoms with van der Waals surface area (Å²) < 4.78 is 1.78. The summed E-state index contributed by atoms with van der Waals surface area (Å²) in [7, 11) is 0. The van der Waals surface area contributed by atoms with Gasteiger partial charge in [-0.15, -0.1) is 6.58 Å². The molecule has 1 atom stereocenters. The van der Waals surface area contributed by atoms with E-state index in [0.717, 1.165) is 5.69 Å². The van der Waals surface area contributed by atoms with Crippen LogP contribution in [0.1, 0.15) is 18.5 Å². The summed E-state index contributed by atoms with van der Waals surface area (Å²) in [4.78, 5) is 0. The standard InChI is InChI=1S/C9H11N3/c1-3-6-12-9(4-5-11-12)8(2)7-10/h3-5,8H,1,6H2,2H3. The van der Waals surface area contributed by atoms with Gasteiger partial charge in [0.1, 0.15) is 0 Å². The molecule has 0 bridgehead atoms. The van der Waals surface area contributed by atoms with Gasteiger partial charge in [0.2, 0.25) is 0 Å². The van der Waals surface area contributed by atoms with E-state index in [1.807, 2.05) is 13.0 Å². The third kappa shape index (κ3) is 1.54. The molecule has 1 heterocycles. The van der Waals surface area contributed by atoms with Crippen LogP contribution >= 0.6 is 0 Å². The molecule has 0 aliphatic carbocycles. The third-order valence-corrected chi connectivity index (χ3v) is 1.69. The summed E-state index contributed by atoms with van der Waals surface area (Å²) in [5.41, 5.74) is 0.942. The monoisotopic (exact) mass is 161 g/mol. The molecule has 0 spiro atoms. The van der Waals surface area contributed by atoms with Crippen LogP contribution in [-0.2, 0) is 6.54 Å². The highest BCUT2D eigenvalue weighted by Crippen LogP contribution is 2.12. The van der Waals surface area contributed by atoms with Gasteiger partial charge in [-0.1, -0.05) is 6.08 Å². The van der Waals surface area contributed by atoms with Gasteiger partial charge in [0.05, 0.1) is 24.2 Å². The molecule has 0 N–H and O–H groups in total. The zero-order valence-corrected chi connectivity index (χ0v) is 7.07. The molecule has 0 saturated heterocycles. The Balaban J connectivity index is 2.92. The van der Waals surface area contributed by atoms with Gasteiger partial charge in [-0.05, 0) is 13.0 Å². The molecule has 0 aliphatic heterocycles. The smallest absolute Gasteiger partial charge is 0.0853 e. The second-order valence-electron chi connectivity index (χ2n) is 2.58. The second-order valence-corrected chi connectivity index (χ2v) is 2.58. The van der Waals surface area contributed by atoms with Crippen molar-refractivity contribution in [2.45, 2.75) is 19.4 Å². The van der Waals surface area contributed by atoms with Gasteiger partial charge in [-0.3, -0.25) is 4.68 Å². The normalized spacial score (nSPS) is 12.0. The van der Waals surface area contributed by atoms with Crippen molar-refractivity contribution < 1.29 is 0 Å². The highest BCUT2D eigenvalue weighted by Gasteiger charge is 2.08. The summed E-state index contributed by atoms with van der Waals surface area (Å²) in [6.45, 7) is 6.14. The van der Waals surface area contributed by atoms with Crippen molar-refractivity contribution in [3.63, 3.8) is 0 Å². The van der Waals surface area contributed by atoms with Crippen LogP contribution in [0.4, 0.5) is 0 Å². The maximum atomic E-state index is 8.68. The fourth-order valence-electron chi connectivity index (χ4n) is 1.05. The third-order valence-electron chi connectivity index (χ3n) is 1.69. The van der Waals surface area contributed by atoms with Crippen molar-refractivity contribution in [1.82, 2.24) is 9.78 Å². The number of nitrogens with zero attached hydrogens (tertiary/aromatic N) is 3. The van der Waals surface area contributed by atoms with Crippen molar-refractivity contribution in [3.05, 3.63) is 30.6 Å². The van der Waals surface area contributed by atoms with E-state index in [9.17, 15) is 0 Å². The van der Waals surface area contributed by atoms with Crippen molar-refractivity contribution in [2.24, 2.45) is 0 Å². The van der Waals surface area contributed by atoms with Crippen LogP contribution in [0.5, 0.6) is 0 Å². The Morgan fingerprint density at radius 1 is 1.92 bits per heavy atom. The SMILES string of the molecule is C=CCn1nccc1C(C)C#N. The number of hydrogen-bond donors (Lipinski definition) is 0. The van der Waals surface area contributed by atoms with Gasteiger partial charge < -0.3 is 0 Å². The van der Waals surface area contributed by atoms with Crippen LogP contribution < -0.4 is 0 Å². The van der Waals surface area contributed by atoms with E-state index in [0.29, 0.717) is 6.54 Å². The minimum atomic E-state index is -0.104. The predicted molar refractivity (Wildman–Crippen MR) is 46.5 cm³/mol. The summed E-state index contributed by atoms with van der Waals surface area (Å²) in [5, 5.41) is 12.8. The Labute approximate surface area is 71.9 Å². The molecule has 1 aromatic rings. The maximum Gasteiger partial charge on any atom is 0.0853 e. The van der Waals surface area contributed by atoms with E-state index in [4.69, 9.17) is 5.26 Å². The molecular weight excluding hydrogens is 150 g/mol. The van der Waals surface area contributed by atoms with E-state index in [1.165, 1.54) is 0 Å². The van der Waals surface area contributed by atoms with Crippen LogP contribution in [0.3, 0.4) is 0 Å². The molecule has 0 aliphatic rings. The lowest BCUT2D eigenvalue weighted by Crippen LogP contribution is -2.04. The molecule has 12 heavy (non-hydrogen) atoms. The predicted octanol–water partition coefficient (Wildman–Crippen LogP) is 1.70. The number of aromatic nitrogens is 2. The number of hydrogen-bond acceptors (Lipinski definition) is 2. The molecule has 1 unspecified atom stereocenters. The largest absolute Gasteiger partial charge is 0.264 e. The average molecular weight is 161 g/mol. The average Bonchev–Trinajstić information content (AvgIpc) is 2.52. The van der Waals surface area contributed by atoms with Gasteiger partial charge in [-0.25, -0.2) is 0 Å². The van der Waals surface area contributed by atoms with Gasteiger partial charge in [0.25, 0.3) is 0 Å². The maximum absolute atomic E-state index is 8.68. The minimum absolute atomic E-state index is 0.104. The van der Waals surface area contributed by atoms with E-state index in [1.54, 1.807) is 17.0 Å². The highest BCUT2D eigenvalue weighted by atomic mass is 15.3. The molecule has 0 radical (unpaired) electrons.